The quantitative estimate of drug-likeness (QED) is 0.861. The number of nitrogens with one attached hydrogen (secondary N) is 1. The standard InChI is InChI=1S/C16H22F3NO/c1-2-12-7-9-15(21,10-8-12)11-20-14-6-4-3-5-13(14)16(17,18)19/h3-6,12,20-21H,2,7-11H2,1H3. The van der Waals surface area contributed by atoms with E-state index in [0.717, 1.165) is 25.3 Å². The normalized spacial score (nSPS) is 26.6. The Kier molecular flexibility index (Phi) is 4.81. The molecule has 2 rings (SSSR count). The van der Waals surface area contributed by atoms with Crippen molar-refractivity contribution in [2.75, 3.05) is 11.9 Å². The molecule has 0 radical (unpaired) electrons. The first-order chi connectivity index (χ1) is 9.84. The van der Waals surface area contributed by atoms with Crippen LogP contribution < -0.4 is 5.32 Å². The lowest BCUT2D eigenvalue weighted by Crippen LogP contribution is -2.40. The molecule has 0 unspecified atom stereocenters. The van der Waals surface area contributed by atoms with Crippen LogP contribution in [0.25, 0.3) is 0 Å². The van der Waals surface area contributed by atoms with Crippen LogP contribution in [0.2, 0.25) is 0 Å². The number of anilines is 1. The van der Waals surface area contributed by atoms with E-state index in [-0.39, 0.29) is 12.2 Å². The minimum Gasteiger partial charge on any atom is -0.388 e. The molecule has 1 saturated carbocycles. The van der Waals surface area contributed by atoms with E-state index in [4.69, 9.17) is 0 Å². The molecule has 0 aliphatic heterocycles. The molecule has 0 saturated heterocycles. The average molecular weight is 301 g/mol. The molecule has 0 amide bonds. The summed E-state index contributed by atoms with van der Waals surface area (Å²) >= 11 is 0. The number of alkyl halides is 3. The van der Waals surface area contributed by atoms with E-state index < -0.39 is 17.3 Å². The summed E-state index contributed by atoms with van der Waals surface area (Å²) in [6, 6.07) is 5.40. The van der Waals surface area contributed by atoms with Gasteiger partial charge in [0, 0.05) is 12.2 Å². The molecule has 1 aliphatic carbocycles. The highest BCUT2D eigenvalue weighted by atomic mass is 19.4. The van der Waals surface area contributed by atoms with E-state index in [1.165, 1.54) is 12.1 Å². The van der Waals surface area contributed by atoms with Gasteiger partial charge in [0.05, 0.1) is 11.2 Å². The third-order valence-corrected chi connectivity index (χ3v) is 4.45. The van der Waals surface area contributed by atoms with Crippen molar-refractivity contribution in [3.8, 4) is 0 Å². The van der Waals surface area contributed by atoms with E-state index in [1.807, 2.05) is 0 Å². The zero-order valence-electron chi connectivity index (χ0n) is 12.2. The Morgan fingerprint density at radius 3 is 2.43 bits per heavy atom. The highest BCUT2D eigenvalue weighted by molar-refractivity contribution is 5.52. The smallest absolute Gasteiger partial charge is 0.388 e. The van der Waals surface area contributed by atoms with Gasteiger partial charge in [0.25, 0.3) is 0 Å². The maximum atomic E-state index is 12.9. The topological polar surface area (TPSA) is 32.3 Å². The minimum absolute atomic E-state index is 0.0380. The Morgan fingerprint density at radius 2 is 1.86 bits per heavy atom. The summed E-state index contributed by atoms with van der Waals surface area (Å²) in [5.74, 6) is 0.632. The summed E-state index contributed by atoms with van der Waals surface area (Å²) in [6.45, 7) is 2.30. The zero-order chi connectivity index (χ0) is 15.5. The molecule has 0 aromatic heterocycles. The highest BCUT2D eigenvalue weighted by Gasteiger charge is 2.35. The second-order valence-electron chi connectivity index (χ2n) is 5.97. The van der Waals surface area contributed by atoms with Gasteiger partial charge in [-0.05, 0) is 43.7 Å². The number of para-hydroxylation sites is 1. The van der Waals surface area contributed by atoms with Gasteiger partial charge < -0.3 is 10.4 Å². The third-order valence-electron chi connectivity index (χ3n) is 4.45. The van der Waals surface area contributed by atoms with Gasteiger partial charge >= 0.3 is 6.18 Å². The SMILES string of the molecule is CCC1CCC(O)(CNc2ccccc2C(F)(F)F)CC1. The predicted octanol–water partition coefficient (Wildman–Crippen LogP) is 4.45. The first kappa shape index (κ1) is 16.1. The lowest BCUT2D eigenvalue weighted by molar-refractivity contribution is -0.137. The van der Waals surface area contributed by atoms with Crippen LogP contribution in [0.1, 0.15) is 44.6 Å². The molecule has 0 heterocycles. The summed E-state index contributed by atoms with van der Waals surface area (Å²) in [4.78, 5) is 0. The zero-order valence-corrected chi connectivity index (χ0v) is 12.2. The van der Waals surface area contributed by atoms with Crippen LogP contribution in [0.3, 0.4) is 0 Å². The lowest BCUT2D eigenvalue weighted by Gasteiger charge is -2.36. The Morgan fingerprint density at radius 1 is 1.24 bits per heavy atom. The van der Waals surface area contributed by atoms with Gasteiger partial charge in [0.1, 0.15) is 0 Å². The molecular weight excluding hydrogens is 279 g/mol. The Bertz CT molecular complexity index is 465. The van der Waals surface area contributed by atoms with E-state index >= 15 is 0 Å². The molecule has 2 N–H and O–H groups in total. The van der Waals surface area contributed by atoms with E-state index in [1.54, 1.807) is 6.07 Å². The van der Waals surface area contributed by atoms with Gasteiger partial charge in [-0.25, -0.2) is 0 Å². The molecule has 1 aromatic rings. The number of hydrogen-bond donors (Lipinski definition) is 2. The fraction of sp³-hybridized carbons (Fsp3) is 0.625. The van der Waals surface area contributed by atoms with Crippen LogP contribution in [-0.4, -0.2) is 17.3 Å². The number of halogens is 3. The minimum atomic E-state index is -4.38. The maximum Gasteiger partial charge on any atom is 0.418 e. The molecule has 1 aromatic carbocycles. The second kappa shape index (κ2) is 6.26. The highest BCUT2D eigenvalue weighted by Crippen LogP contribution is 2.37. The van der Waals surface area contributed by atoms with E-state index in [0.29, 0.717) is 18.8 Å². The molecule has 0 spiro atoms. The van der Waals surface area contributed by atoms with Gasteiger partial charge in [-0.15, -0.1) is 0 Å². The number of aliphatic hydroxyl groups is 1. The fourth-order valence-electron chi connectivity index (χ4n) is 2.94. The van der Waals surface area contributed by atoms with Gasteiger partial charge in [-0.1, -0.05) is 25.5 Å². The summed E-state index contributed by atoms with van der Waals surface area (Å²) in [5, 5.41) is 13.3. The van der Waals surface area contributed by atoms with E-state index in [9.17, 15) is 18.3 Å². The summed E-state index contributed by atoms with van der Waals surface area (Å²) < 4.78 is 38.7. The Hall–Kier alpha value is -1.23. The van der Waals surface area contributed by atoms with Crippen LogP contribution in [0.15, 0.2) is 24.3 Å². The van der Waals surface area contributed by atoms with Crippen molar-refractivity contribution >= 4 is 5.69 Å². The third kappa shape index (κ3) is 4.13. The predicted molar refractivity (Wildman–Crippen MR) is 77.1 cm³/mol. The number of hydrogen-bond acceptors (Lipinski definition) is 2. The van der Waals surface area contributed by atoms with Crippen molar-refractivity contribution in [1.29, 1.82) is 0 Å². The molecule has 5 heteroatoms. The van der Waals surface area contributed by atoms with Crippen molar-refractivity contribution in [2.24, 2.45) is 5.92 Å². The number of benzene rings is 1. The molecule has 2 nitrogen and oxygen atoms in total. The largest absolute Gasteiger partial charge is 0.418 e. The monoisotopic (exact) mass is 301 g/mol. The van der Waals surface area contributed by atoms with Crippen LogP contribution in [0.4, 0.5) is 18.9 Å². The van der Waals surface area contributed by atoms with Crippen LogP contribution in [0.5, 0.6) is 0 Å². The number of rotatable bonds is 4. The average Bonchev–Trinajstić information content (AvgIpc) is 2.45. The van der Waals surface area contributed by atoms with Crippen LogP contribution in [-0.2, 0) is 6.18 Å². The van der Waals surface area contributed by atoms with Gasteiger partial charge in [0.15, 0.2) is 0 Å². The Balaban J connectivity index is 2.01. The fourth-order valence-corrected chi connectivity index (χ4v) is 2.94. The van der Waals surface area contributed by atoms with Crippen molar-refractivity contribution in [1.82, 2.24) is 0 Å². The van der Waals surface area contributed by atoms with Crippen molar-refractivity contribution < 1.29 is 18.3 Å². The first-order valence-corrected chi connectivity index (χ1v) is 7.46. The molecular formula is C16H22F3NO. The summed E-state index contributed by atoms with van der Waals surface area (Å²) in [6.07, 6.45) is -0.114. The second-order valence-corrected chi connectivity index (χ2v) is 5.97. The Labute approximate surface area is 123 Å². The van der Waals surface area contributed by atoms with Crippen molar-refractivity contribution in [3.05, 3.63) is 29.8 Å². The van der Waals surface area contributed by atoms with E-state index in [2.05, 4.69) is 12.2 Å². The van der Waals surface area contributed by atoms with Crippen molar-refractivity contribution in [3.63, 3.8) is 0 Å². The molecule has 21 heavy (non-hydrogen) atoms. The molecule has 118 valence electrons. The van der Waals surface area contributed by atoms with Crippen molar-refractivity contribution in [2.45, 2.75) is 50.8 Å². The maximum absolute atomic E-state index is 12.9. The first-order valence-electron chi connectivity index (χ1n) is 7.46. The van der Waals surface area contributed by atoms with Crippen LogP contribution >= 0.6 is 0 Å². The van der Waals surface area contributed by atoms with Gasteiger partial charge in [-0.3, -0.25) is 0 Å². The lowest BCUT2D eigenvalue weighted by atomic mass is 9.78. The summed E-state index contributed by atoms with van der Waals surface area (Å²) in [5.41, 5.74) is -1.54. The molecule has 1 fully saturated rings. The molecule has 0 atom stereocenters. The molecule has 0 bridgehead atoms. The molecule has 1 aliphatic rings. The van der Waals surface area contributed by atoms with Crippen LogP contribution in [0, 0.1) is 5.92 Å². The van der Waals surface area contributed by atoms with Gasteiger partial charge in [-0.2, -0.15) is 13.2 Å². The summed E-state index contributed by atoms with van der Waals surface area (Å²) in [7, 11) is 0. The van der Waals surface area contributed by atoms with Gasteiger partial charge in [0.2, 0.25) is 0 Å².